The van der Waals surface area contributed by atoms with Gasteiger partial charge in [0.15, 0.2) is 0 Å². The SMILES string of the molecule is COc1ccc(/C=N/OCC(O)CSc2n[nH]c(Cc3ccccc3)n2)cc1. The second kappa shape index (κ2) is 10.5. The van der Waals surface area contributed by atoms with Gasteiger partial charge in [0.1, 0.15) is 24.3 Å². The maximum absolute atomic E-state index is 10.0. The predicted molar refractivity (Wildman–Crippen MR) is 109 cm³/mol. The van der Waals surface area contributed by atoms with E-state index < -0.39 is 6.10 Å². The third kappa shape index (κ3) is 6.40. The molecule has 7 nitrogen and oxygen atoms in total. The molecule has 2 N–H and O–H groups in total. The lowest BCUT2D eigenvalue weighted by Gasteiger charge is -2.06. The summed E-state index contributed by atoms with van der Waals surface area (Å²) in [5.74, 6) is 1.99. The van der Waals surface area contributed by atoms with Gasteiger partial charge < -0.3 is 14.7 Å². The first-order valence-corrected chi connectivity index (χ1v) is 9.77. The summed E-state index contributed by atoms with van der Waals surface area (Å²) in [6.07, 6.45) is 1.61. The van der Waals surface area contributed by atoms with Crippen LogP contribution in [0, 0.1) is 0 Å². The van der Waals surface area contributed by atoms with Crippen molar-refractivity contribution >= 4 is 18.0 Å². The van der Waals surface area contributed by atoms with Crippen LogP contribution in [-0.4, -0.2) is 52.1 Å². The highest BCUT2D eigenvalue weighted by molar-refractivity contribution is 7.99. The standard InChI is InChI=1S/C20H22N4O3S/c1-26-18-9-7-16(8-10-18)12-21-27-13-17(25)14-28-20-22-19(23-24-20)11-15-5-3-2-4-6-15/h2-10,12,17,25H,11,13-14H2,1H3,(H,22,23,24)/b21-12+. The highest BCUT2D eigenvalue weighted by atomic mass is 32.2. The zero-order chi connectivity index (χ0) is 19.6. The van der Waals surface area contributed by atoms with Gasteiger partial charge in [-0.25, -0.2) is 4.98 Å². The van der Waals surface area contributed by atoms with Crippen LogP contribution in [0.2, 0.25) is 0 Å². The van der Waals surface area contributed by atoms with E-state index in [1.807, 2.05) is 54.6 Å². The molecule has 28 heavy (non-hydrogen) atoms. The second-order valence-electron chi connectivity index (χ2n) is 6.00. The fourth-order valence-electron chi connectivity index (χ4n) is 2.35. The molecule has 0 bridgehead atoms. The van der Waals surface area contributed by atoms with Gasteiger partial charge in [0, 0.05) is 12.2 Å². The van der Waals surface area contributed by atoms with Crippen molar-refractivity contribution in [1.29, 1.82) is 0 Å². The van der Waals surface area contributed by atoms with E-state index in [0.717, 1.165) is 17.1 Å². The van der Waals surface area contributed by atoms with Crippen LogP contribution in [0.5, 0.6) is 5.75 Å². The van der Waals surface area contributed by atoms with Gasteiger partial charge in [0.25, 0.3) is 0 Å². The quantitative estimate of drug-likeness (QED) is 0.310. The maximum atomic E-state index is 10.0. The molecule has 0 aliphatic heterocycles. The molecule has 3 aromatic rings. The lowest BCUT2D eigenvalue weighted by Crippen LogP contribution is -2.16. The van der Waals surface area contributed by atoms with Gasteiger partial charge in [0.2, 0.25) is 5.16 Å². The molecule has 1 aromatic heterocycles. The van der Waals surface area contributed by atoms with E-state index in [9.17, 15) is 5.11 Å². The molecule has 0 radical (unpaired) electrons. The van der Waals surface area contributed by atoms with E-state index in [-0.39, 0.29) is 6.61 Å². The molecule has 3 rings (SSSR count). The number of nitrogens with zero attached hydrogens (tertiary/aromatic N) is 3. The fraction of sp³-hybridized carbons (Fsp3) is 0.250. The molecule has 0 spiro atoms. The van der Waals surface area contributed by atoms with Crippen LogP contribution in [-0.2, 0) is 11.3 Å². The highest BCUT2D eigenvalue weighted by Gasteiger charge is 2.10. The molecule has 0 fully saturated rings. The Morgan fingerprint density at radius 1 is 1.18 bits per heavy atom. The van der Waals surface area contributed by atoms with Gasteiger partial charge in [-0.2, -0.15) is 0 Å². The molecule has 1 unspecified atom stereocenters. The van der Waals surface area contributed by atoms with Crippen molar-refractivity contribution in [2.75, 3.05) is 19.5 Å². The number of aromatic nitrogens is 3. The van der Waals surface area contributed by atoms with E-state index in [4.69, 9.17) is 9.57 Å². The Balaban J connectivity index is 1.37. The third-order valence-corrected chi connectivity index (χ3v) is 4.78. The van der Waals surface area contributed by atoms with Gasteiger partial charge in [0.05, 0.1) is 13.3 Å². The molecule has 146 valence electrons. The fourth-order valence-corrected chi connectivity index (χ4v) is 3.07. The Labute approximate surface area is 167 Å². The molecule has 0 saturated carbocycles. The number of rotatable bonds is 10. The summed E-state index contributed by atoms with van der Waals surface area (Å²) in [5.41, 5.74) is 2.05. The van der Waals surface area contributed by atoms with E-state index in [2.05, 4.69) is 20.3 Å². The Hall–Kier alpha value is -2.84. The second-order valence-corrected chi connectivity index (χ2v) is 6.98. The smallest absolute Gasteiger partial charge is 0.208 e. The number of H-pyrrole nitrogens is 1. The van der Waals surface area contributed by atoms with Gasteiger partial charge in [-0.3, -0.25) is 5.10 Å². The minimum absolute atomic E-state index is 0.0982. The van der Waals surface area contributed by atoms with E-state index in [1.165, 1.54) is 17.3 Å². The van der Waals surface area contributed by atoms with Crippen LogP contribution in [0.3, 0.4) is 0 Å². The van der Waals surface area contributed by atoms with E-state index in [1.54, 1.807) is 13.3 Å². The monoisotopic (exact) mass is 398 g/mol. The summed E-state index contributed by atoms with van der Waals surface area (Å²) in [7, 11) is 1.62. The number of aromatic amines is 1. The highest BCUT2D eigenvalue weighted by Crippen LogP contribution is 2.15. The molecule has 0 saturated heterocycles. The third-order valence-electron chi connectivity index (χ3n) is 3.79. The Morgan fingerprint density at radius 2 is 1.96 bits per heavy atom. The largest absolute Gasteiger partial charge is 0.497 e. The summed E-state index contributed by atoms with van der Waals surface area (Å²) in [4.78, 5) is 9.59. The lowest BCUT2D eigenvalue weighted by molar-refractivity contribution is 0.0532. The number of methoxy groups -OCH3 is 1. The summed E-state index contributed by atoms with van der Waals surface area (Å²) in [6, 6.07) is 17.5. The summed E-state index contributed by atoms with van der Waals surface area (Å²) >= 11 is 1.37. The summed E-state index contributed by atoms with van der Waals surface area (Å²) in [6.45, 7) is 0.0982. The van der Waals surface area contributed by atoms with Crippen LogP contribution in [0.4, 0.5) is 0 Å². The van der Waals surface area contributed by atoms with Gasteiger partial charge >= 0.3 is 0 Å². The molecule has 0 aliphatic carbocycles. The first-order chi connectivity index (χ1) is 13.7. The van der Waals surface area contributed by atoms with Crippen molar-refractivity contribution in [3.05, 3.63) is 71.5 Å². The number of hydrogen-bond donors (Lipinski definition) is 2. The van der Waals surface area contributed by atoms with Crippen molar-refractivity contribution in [2.24, 2.45) is 5.16 Å². The molecule has 8 heteroatoms. The number of aliphatic hydroxyl groups is 1. The Bertz CT molecular complexity index is 869. The van der Waals surface area contributed by atoms with Crippen molar-refractivity contribution in [3.8, 4) is 5.75 Å². The number of benzene rings is 2. The first-order valence-electron chi connectivity index (χ1n) is 8.78. The predicted octanol–water partition coefficient (Wildman–Crippen LogP) is 2.91. The summed E-state index contributed by atoms with van der Waals surface area (Å²) in [5, 5.41) is 21.6. The number of oxime groups is 1. The van der Waals surface area contributed by atoms with Crippen LogP contribution in [0.25, 0.3) is 0 Å². The molecule has 1 atom stereocenters. The van der Waals surface area contributed by atoms with Crippen LogP contribution in [0.15, 0.2) is 64.9 Å². The minimum Gasteiger partial charge on any atom is -0.497 e. The van der Waals surface area contributed by atoms with Gasteiger partial charge in [-0.15, -0.1) is 5.10 Å². The average molecular weight is 398 g/mol. The molecule has 0 amide bonds. The van der Waals surface area contributed by atoms with E-state index in [0.29, 0.717) is 17.3 Å². The van der Waals surface area contributed by atoms with E-state index >= 15 is 0 Å². The van der Waals surface area contributed by atoms with Crippen molar-refractivity contribution < 1.29 is 14.7 Å². The maximum Gasteiger partial charge on any atom is 0.208 e. The Morgan fingerprint density at radius 3 is 2.71 bits per heavy atom. The van der Waals surface area contributed by atoms with Gasteiger partial charge in [-0.05, 0) is 35.4 Å². The summed E-state index contributed by atoms with van der Waals surface area (Å²) < 4.78 is 5.10. The minimum atomic E-state index is -0.672. The van der Waals surface area contributed by atoms with Gasteiger partial charge in [-0.1, -0.05) is 47.2 Å². The zero-order valence-corrected chi connectivity index (χ0v) is 16.3. The molecule has 1 heterocycles. The molecule has 2 aromatic carbocycles. The average Bonchev–Trinajstić information content (AvgIpc) is 3.18. The first kappa shape index (κ1) is 19.9. The van der Waals surface area contributed by atoms with Crippen LogP contribution < -0.4 is 4.74 Å². The number of hydrogen-bond acceptors (Lipinski definition) is 7. The zero-order valence-electron chi connectivity index (χ0n) is 15.5. The molecule has 0 aliphatic rings. The number of nitrogens with one attached hydrogen (secondary N) is 1. The van der Waals surface area contributed by atoms with Crippen LogP contribution >= 0.6 is 11.8 Å². The molecular formula is C20H22N4O3S. The molecular weight excluding hydrogens is 376 g/mol. The lowest BCUT2D eigenvalue weighted by atomic mass is 10.1. The van der Waals surface area contributed by atoms with Crippen molar-refractivity contribution in [1.82, 2.24) is 15.2 Å². The van der Waals surface area contributed by atoms with Crippen LogP contribution in [0.1, 0.15) is 17.0 Å². The van der Waals surface area contributed by atoms with Crippen molar-refractivity contribution in [3.63, 3.8) is 0 Å². The number of ether oxygens (including phenoxy) is 1. The Kier molecular flexibility index (Phi) is 7.45. The number of thioether (sulfide) groups is 1. The number of aliphatic hydroxyl groups excluding tert-OH is 1. The van der Waals surface area contributed by atoms with Crippen molar-refractivity contribution in [2.45, 2.75) is 17.7 Å². The topological polar surface area (TPSA) is 92.6 Å². The normalized spacial score (nSPS) is 12.2.